The third-order valence-corrected chi connectivity index (χ3v) is 4.58. The molecule has 1 heterocycles. The van der Waals surface area contributed by atoms with E-state index in [1.54, 1.807) is 7.11 Å². The van der Waals surface area contributed by atoms with Crippen LogP contribution in [0.15, 0.2) is 28.7 Å². The number of benzene rings is 1. The Bertz CT molecular complexity index is 644. The minimum absolute atomic E-state index is 0.481. The maximum atomic E-state index is 6.22. The molecule has 1 aromatic carbocycles. The normalized spacial score (nSPS) is 14.6. The highest BCUT2D eigenvalue weighted by Crippen LogP contribution is 2.44. The number of methoxy groups -OCH3 is 1. The molecule has 104 valence electrons. The molecule has 1 fully saturated rings. The Kier molecular flexibility index (Phi) is 4.06. The van der Waals surface area contributed by atoms with Crippen LogP contribution in [0.5, 0.6) is 0 Å². The number of aromatic nitrogens is 2. The molecule has 0 amide bonds. The highest BCUT2D eigenvalue weighted by molar-refractivity contribution is 9.10. The topological polar surface area (TPSA) is 35.0 Å². The van der Waals surface area contributed by atoms with E-state index in [4.69, 9.17) is 16.3 Å². The van der Waals surface area contributed by atoms with Gasteiger partial charge in [0.1, 0.15) is 5.15 Å². The van der Waals surface area contributed by atoms with Crippen molar-refractivity contribution in [1.82, 2.24) is 9.97 Å². The van der Waals surface area contributed by atoms with E-state index < -0.39 is 0 Å². The molecular formula is C15H14BrClN2O. The summed E-state index contributed by atoms with van der Waals surface area (Å²) in [6.45, 7) is 0.577. The van der Waals surface area contributed by atoms with Crippen molar-refractivity contribution >= 4 is 27.5 Å². The molecule has 0 aliphatic heterocycles. The molecule has 3 rings (SSSR count). The number of halogens is 2. The smallest absolute Gasteiger partial charge is 0.161 e. The number of hydrogen-bond acceptors (Lipinski definition) is 3. The molecule has 0 saturated heterocycles. The summed E-state index contributed by atoms with van der Waals surface area (Å²) in [5.74, 6) is 1.20. The SMILES string of the molecule is COCc1cccc(-c2nc(Cl)c(Br)c(C3CC3)n2)c1. The van der Waals surface area contributed by atoms with Crippen LogP contribution >= 0.6 is 27.5 Å². The van der Waals surface area contributed by atoms with Gasteiger partial charge in [-0.15, -0.1) is 0 Å². The molecule has 0 bridgehead atoms. The minimum Gasteiger partial charge on any atom is -0.380 e. The standard InChI is InChI=1S/C15H14BrClN2O/c1-20-8-9-3-2-4-11(7-9)15-18-13(10-5-6-10)12(16)14(17)19-15/h2-4,7,10H,5-6,8H2,1H3. The van der Waals surface area contributed by atoms with Crippen LogP contribution in [0, 0.1) is 0 Å². The van der Waals surface area contributed by atoms with Gasteiger partial charge in [0.15, 0.2) is 5.82 Å². The van der Waals surface area contributed by atoms with Gasteiger partial charge in [-0.1, -0.05) is 29.8 Å². The lowest BCUT2D eigenvalue weighted by molar-refractivity contribution is 0.185. The van der Waals surface area contributed by atoms with Crippen LogP contribution in [0.3, 0.4) is 0 Å². The van der Waals surface area contributed by atoms with Gasteiger partial charge in [-0.05, 0) is 40.4 Å². The Labute approximate surface area is 131 Å². The monoisotopic (exact) mass is 352 g/mol. The van der Waals surface area contributed by atoms with E-state index >= 15 is 0 Å². The lowest BCUT2D eigenvalue weighted by Crippen LogP contribution is -1.98. The lowest BCUT2D eigenvalue weighted by atomic mass is 10.1. The molecule has 0 N–H and O–H groups in total. The van der Waals surface area contributed by atoms with Crippen molar-refractivity contribution in [3.63, 3.8) is 0 Å². The maximum absolute atomic E-state index is 6.22. The van der Waals surface area contributed by atoms with Crippen molar-refractivity contribution < 1.29 is 4.74 Å². The molecule has 1 aliphatic carbocycles. The second-order valence-electron chi connectivity index (χ2n) is 4.94. The molecule has 3 nitrogen and oxygen atoms in total. The molecule has 0 spiro atoms. The second-order valence-corrected chi connectivity index (χ2v) is 6.10. The van der Waals surface area contributed by atoms with Gasteiger partial charge in [-0.2, -0.15) is 0 Å². The summed E-state index contributed by atoms with van der Waals surface area (Å²) in [6, 6.07) is 8.05. The van der Waals surface area contributed by atoms with Gasteiger partial charge in [0.05, 0.1) is 16.8 Å². The third kappa shape index (κ3) is 2.87. The largest absolute Gasteiger partial charge is 0.380 e. The van der Waals surface area contributed by atoms with Crippen LogP contribution in [-0.2, 0) is 11.3 Å². The van der Waals surface area contributed by atoms with E-state index in [1.807, 2.05) is 24.3 Å². The first-order valence-corrected chi connectivity index (χ1v) is 7.67. The summed E-state index contributed by atoms with van der Waals surface area (Å²) in [7, 11) is 1.69. The van der Waals surface area contributed by atoms with Gasteiger partial charge in [-0.25, -0.2) is 9.97 Å². The van der Waals surface area contributed by atoms with E-state index in [0.29, 0.717) is 23.5 Å². The highest BCUT2D eigenvalue weighted by Gasteiger charge is 2.29. The van der Waals surface area contributed by atoms with E-state index in [0.717, 1.165) is 21.3 Å². The van der Waals surface area contributed by atoms with Gasteiger partial charge >= 0.3 is 0 Å². The Morgan fingerprint density at radius 1 is 1.35 bits per heavy atom. The first-order chi connectivity index (χ1) is 9.69. The molecule has 1 aromatic heterocycles. The Morgan fingerprint density at radius 2 is 2.15 bits per heavy atom. The van der Waals surface area contributed by atoms with Crippen molar-refractivity contribution in [2.24, 2.45) is 0 Å². The Balaban J connectivity index is 2.03. The predicted molar refractivity (Wildman–Crippen MR) is 82.9 cm³/mol. The molecule has 0 radical (unpaired) electrons. The summed E-state index contributed by atoms with van der Waals surface area (Å²) in [5.41, 5.74) is 3.09. The van der Waals surface area contributed by atoms with Crippen molar-refractivity contribution in [2.75, 3.05) is 7.11 Å². The van der Waals surface area contributed by atoms with Gasteiger partial charge in [0.25, 0.3) is 0 Å². The first-order valence-electron chi connectivity index (χ1n) is 6.50. The van der Waals surface area contributed by atoms with Gasteiger partial charge in [0.2, 0.25) is 0 Å². The molecule has 1 aliphatic rings. The Hall–Kier alpha value is -0.970. The zero-order chi connectivity index (χ0) is 14.1. The van der Waals surface area contributed by atoms with Crippen LogP contribution < -0.4 is 0 Å². The fraction of sp³-hybridized carbons (Fsp3) is 0.333. The molecular weight excluding hydrogens is 340 g/mol. The molecule has 2 aromatic rings. The average molecular weight is 354 g/mol. The van der Waals surface area contributed by atoms with E-state index in [9.17, 15) is 0 Å². The van der Waals surface area contributed by atoms with Crippen LogP contribution in [0.2, 0.25) is 5.15 Å². The van der Waals surface area contributed by atoms with Crippen LogP contribution in [0.1, 0.15) is 30.0 Å². The third-order valence-electron chi connectivity index (χ3n) is 3.30. The fourth-order valence-corrected chi connectivity index (χ4v) is 2.84. The first kappa shape index (κ1) is 14.0. The van der Waals surface area contributed by atoms with Crippen LogP contribution in [0.25, 0.3) is 11.4 Å². The van der Waals surface area contributed by atoms with Crippen LogP contribution in [-0.4, -0.2) is 17.1 Å². The summed E-state index contributed by atoms with van der Waals surface area (Å²) < 4.78 is 5.99. The molecule has 1 saturated carbocycles. The summed E-state index contributed by atoms with van der Waals surface area (Å²) in [4.78, 5) is 9.07. The zero-order valence-electron chi connectivity index (χ0n) is 11.1. The number of ether oxygens (including phenoxy) is 1. The van der Waals surface area contributed by atoms with Crippen molar-refractivity contribution in [3.05, 3.63) is 45.1 Å². The summed E-state index contributed by atoms with van der Waals surface area (Å²) in [6.07, 6.45) is 2.35. The van der Waals surface area contributed by atoms with Gasteiger partial charge < -0.3 is 4.74 Å². The predicted octanol–water partition coefficient (Wildman–Crippen LogP) is 4.58. The van der Waals surface area contributed by atoms with E-state index in [1.165, 1.54) is 12.8 Å². The van der Waals surface area contributed by atoms with E-state index in [2.05, 4.69) is 25.9 Å². The quantitative estimate of drug-likeness (QED) is 0.754. The van der Waals surface area contributed by atoms with Gasteiger partial charge in [-0.3, -0.25) is 0 Å². The Morgan fingerprint density at radius 3 is 2.85 bits per heavy atom. The average Bonchev–Trinajstić information content (AvgIpc) is 3.27. The maximum Gasteiger partial charge on any atom is 0.161 e. The molecule has 0 atom stereocenters. The molecule has 20 heavy (non-hydrogen) atoms. The summed E-state index contributed by atoms with van der Waals surface area (Å²) in [5, 5.41) is 0.481. The van der Waals surface area contributed by atoms with Crippen molar-refractivity contribution in [3.8, 4) is 11.4 Å². The highest BCUT2D eigenvalue weighted by atomic mass is 79.9. The number of rotatable bonds is 4. The van der Waals surface area contributed by atoms with Crippen molar-refractivity contribution in [2.45, 2.75) is 25.4 Å². The fourth-order valence-electron chi connectivity index (χ4n) is 2.16. The van der Waals surface area contributed by atoms with E-state index in [-0.39, 0.29) is 0 Å². The molecule has 0 unspecified atom stereocenters. The lowest BCUT2D eigenvalue weighted by Gasteiger charge is -2.08. The van der Waals surface area contributed by atoms with Crippen molar-refractivity contribution in [1.29, 1.82) is 0 Å². The number of hydrogen-bond donors (Lipinski definition) is 0. The van der Waals surface area contributed by atoms with Gasteiger partial charge in [0, 0.05) is 18.6 Å². The zero-order valence-corrected chi connectivity index (χ0v) is 13.4. The van der Waals surface area contributed by atoms with Crippen LogP contribution in [0.4, 0.5) is 0 Å². The summed E-state index contributed by atoms with van der Waals surface area (Å²) >= 11 is 9.71. The number of nitrogens with zero attached hydrogens (tertiary/aromatic N) is 2. The second kappa shape index (κ2) is 5.80. The minimum atomic E-state index is 0.481. The molecule has 5 heteroatoms.